The zero-order valence-corrected chi connectivity index (χ0v) is 14.1. The number of rotatable bonds is 6. The SMILES string of the molecule is CCNC(=NCc1ccc(C(=O)OCC)cc1)NC1CCCC1. The van der Waals surface area contributed by atoms with Crippen molar-refractivity contribution in [3.8, 4) is 0 Å². The number of benzene rings is 1. The third kappa shape index (κ3) is 5.58. The van der Waals surface area contributed by atoms with E-state index in [1.54, 1.807) is 19.1 Å². The summed E-state index contributed by atoms with van der Waals surface area (Å²) in [5.74, 6) is 0.590. The van der Waals surface area contributed by atoms with E-state index in [2.05, 4.69) is 22.5 Å². The van der Waals surface area contributed by atoms with E-state index in [-0.39, 0.29) is 5.97 Å². The summed E-state index contributed by atoms with van der Waals surface area (Å²) in [6, 6.07) is 7.98. The summed E-state index contributed by atoms with van der Waals surface area (Å²) in [6.07, 6.45) is 5.04. The second-order valence-corrected chi connectivity index (χ2v) is 5.74. The number of ether oxygens (including phenoxy) is 1. The van der Waals surface area contributed by atoms with E-state index < -0.39 is 0 Å². The molecule has 5 nitrogen and oxygen atoms in total. The Bertz CT molecular complexity index is 520. The van der Waals surface area contributed by atoms with E-state index in [0.717, 1.165) is 18.1 Å². The molecule has 0 bridgehead atoms. The number of carbonyl (C=O) groups is 1. The Morgan fingerprint density at radius 1 is 1.22 bits per heavy atom. The van der Waals surface area contributed by atoms with Crippen molar-refractivity contribution >= 4 is 11.9 Å². The van der Waals surface area contributed by atoms with Gasteiger partial charge in [-0.2, -0.15) is 0 Å². The highest BCUT2D eigenvalue weighted by Crippen LogP contribution is 2.17. The van der Waals surface area contributed by atoms with E-state index >= 15 is 0 Å². The van der Waals surface area contributed by atoms with Crippen molar-refractivity contribution in [3.05, 3.63) is 35.4 Å². The van der Waals surface area contributed by atoms with Crippen LogP contribution < -0.4 is 10.6 Å². The highest BCUT2D eigenvalue weighted by Gasteiger charge is 2.15. The van der Waals surface area contributed by atoms with Crippen LogP contribution in [0.4, 0.5) is 0 Å². The van der Waals surface area contributed by atoms with Gasteiger partial charge in [0.05, 0.1) is 18.7 Å². The fourth-order valence-corrected chi connectivity index (χ4v) is 2.71. The lowest BCUT2D eigenvalue weighted by Crippen LogP contribution is -2.42. The lowest BCUT2D eigenvalue weighted by Gasteiger charge is -2.16. The largest absolute Gasteiger partial charge is 0.462 e. The van der Waals surface area contributed by atoms with Crippen LogP contribution in [0.15, 0.2) is 29.3 Å². The molecule has 0 atom stereocenters. The molecule has 0 aliphatic heterocycles. The van der Waals surface area contributed by atoms with E-state index in [4.69, 9.17) is 4.74 Å². The molecule has 126 valence electrons. The molecule has 2 rings (SSSR count). The third-order valence-electron chi connectivity index (χ3n) is 3.93. The quantitative estimate of drug-likeness (QED) is 0.481. The first-order valence-electron chi connectivity index (χ1n) is 8.53. The maximum Gasteiger partial charge on any atom is 0.338 e. The van der Waals surface area contributed by atoms with Crippen LogP contribution >= 0.6 is 0 Å². The Balaban J connectivity index is 1.93. The highest BCUT2D eigenvalue weighted by atomic mass is 16.5. The molecule has 0 radical (unpaired) electrons. The Kier molecular flexibility index (Phi) is 6.91. The molecule has 1 fully saturated rings. The summed E-state index contributed by atoms with van der Waals surface area (Å²) in [5.41, 5.74) is 1.65. The minimum Gasteiger partial charge on any atom is -0.462 e. The molecule has 1 aliphatic rings. The summed E-state index contributed by atoms with van der Waals surface area (Å²) in [6.45, 7) is 5.70. The number of hydrogen-bond acceptors (Lipinski definition) is 3. The summed E-state index contributed by atoms with van der Waals surface area (Å²) in [4.78, 5) is 16.3. The van der Waals surface area contributed by atoms with Crippen LogP contribution in [-0.4, -0.2) is 31.1 Å². The monoisotopic (exact) mass is 317 g/mol. The van der Waals surface area contributed by atoms with Crippen molar-refractivity contribution in [2.75, 3.05) is 13.2 Å². The fourth-order valence-electron chi connectivity index (χ4n) is 2.71. The Morgan fingerprint density at radius 3 is 2.52 bits per heavy atom. The van der Waals surface area contributed by atoms with Gasteiger partial charge < -0.3 is 15.4 Å². The molecule has 23 heavy (non-hydrogen) atoms. The molecule has 1 aromatic carbocycles. The number of nitrogens with zero attached hydrogens (tertiary/aromatic N) is 1. The standard InChI is InChI=1S/C18H27N3O2/c1-3-19-18(21-16-7-5-6-8-16)20-13-14-9-11-15(12-10-14)17(22)23-4-2/h9-12,16H,3-8,13H2,1-2H3,(H2,19,20,21). The van der Waals surface area contributed by atoms with Crippen molar-refractivity contribution in [1.82, 2.24) is 10.6 Å². The van der Waals surface area contributed by atoms with Crippen LogP contribution in [0.5, 0.6) is 0 Å². The van der Waals surface area contributed by atoms with Gasteiger partial charge in [-0.1, -0.05) is 25.0 Å². The first-order valence-corrected chi connectivity index (χ1v) is 8.53. The van der Waals surface area contributed by atoms with Crippen molar-refractivity contribution in [2.45, 2.75) is 52.1 Å². The average Bonchev–Trinajstić information content (AvgIpc) is 3.06. The maximum absolute atomic E-state index is 11.6. The minimum atomic E-state index is -0.279. The molecule has 0 unspecified atom stereocenters. The predicted molar refractivity (Wildman–Crippen MR) is 92.6 cm³/mol. The number of guanidine groups is 1. The van der Waals surface area contributed by atoms with Crippen molar-refractivity contribution in [2.24, 2.45) is 4.99 Å². The minimum absolute atomic E-state index is 0.279. The van der Waals surface area contributed by atoms with Gasteiger partial charge in [-0.15, -0.1) is 0 Å². The maximum atomic E-state index is 11.6. The Morgan fingerprint density at radius 2 is 1.91 bits per heavy atom. The summed E-state index contributed by atoms with van der Waals surface area (Å²) in [7, 11) is 0. The summed E-state index contributed by atoms with van der Waals surface area (Å²) < 4.78 is 4.99. The second-order valence-electron chi connectivity index (χ2n) is 5.74. The Labute approximate surface area is 138 Å². The van der Waals surface area contributed by atoms with Crippen molar-refractivity contribution in [3.63, 3.8) is 0 Å². The van der Waals surface area contributed by atoms with Crippen LogP contribution in [0.1, 0.15) is 55.5 Å². The van der Waals surface area contributed by atoms with Gasteiger partial charge in [-0.3, -0.25) is 0 Å². The fraction of sp³-hybridized carbons (Fsp3) is 0.556. The molecule has 1 aromatic rings. The van der Waals surface area contributed by atoms with E-state index in [1.165, 1.54) is 25.7 Å². The van der Waals surface area contributed by atoms with Gasteiger partial charge in [0.15, 0.2) is 5.96 Å². The van der Waals surface area contributed by atoms with Gasteiger partial charge in [0.2, 0.25) is 0 Å². The zero-order valence-electron chi connectivity index (χ0n) is 14.1. The van der Waals surface area contributed by atoms with E-state index in [9.17, 15) is 4.79 Å². The predicted octanol–water partition coefficient (Wildman–Crippen LogP) is 2.86. The van der Waals surface area contributed by atoms with Gasteiger partial charge in [-0.05, 0) is 44.4 Å². The summed E-state index contributed by atoms with van der Waals surface area (Å²) >= 11 is 0. The highest BCUT2D eigenvalue weighted by molar-refractivity contribution is 5.89. The topological polar surface area (TPSA) is 62.7 Å². The van der Waals surface area contributed by atoms with Crippen molar-refractivity contribution < 1.29 is 9.53 Å². The lowest BCUT2D eigenvalue weighted by atomic mass is 10.1. The molecule has 5 heteroatoms. The van der Waals surface area contributed by atoms with Gasteiger partial charge in [0, 0.05) is 12.6 Å². The molecular weight excluding hydrogens is 290 g/mol. The summed E-state index contributed by atoms with van der Waals surface area (Å²) in [5, 5.41) is 6.79. The van der Waals surface area contributed by atoms with Gasteiger partial charge in [0.25, 0.3) is 0 Å². The van der Waals surface area contributed by atoms with Crippen LogP contribution in [-0.2, 0) is 11.3 Å². The molecule has 0 spiro atoms. The van der Waals surface area contributed by atoms with E-state index in [0.29, 0.717) is 24.8 Å². The molecule has 0 heterocycles. The molecular formula is C18H27N3O2. The number of esters is 1. The number of aliphatic imine (C=N–C) groups is 1. The zero-order chi connectivity index (χ0) is 16.5. The smallest absolute Gasteiger partial charge is 0.338 e. The molecule has 1 aliphatic carbocycles. The van der Waals surface area contributed by atoms with Crippen molar-refractivity contribution in [1.29, 1.82) is 0 Å². The second kappa shape index (κ2) is 9.18. The molecule has 0 saturated heterocycles. The number of nitrogens with one attached hydrogen (secondary N) is 2. The molecule has 1 saturated carbocycles. The van der Waals surface area contributed by atoms with Gasteiger partial charge in [-0.25, -0.2) is 9.79 Å². The van der Waals surface area contributed by atoms with Crippen LogP contribution in [0.3, 0.4) is 0 Å². The number of carbonyl (C=O) groups excluding carboxylic acids is 1. The van der Waals surface area contributed by atoms with E-state index in [1.807, 2.05) is 12.1 Å². The normalized spacial score (nSPS) is 15.5. The van der Waals surface area contributed by atoms with Crippen LogP contribution in [0, 0.1) is 0 Å². The first kappa shape index (κ1) is 17.3. The lowest BCUT2D eigenvalue weighted by molar-refractivity contribution is 0.0526. The van der Waals surface area contributed by atoms with Crippen LogP contribution in [0.2, 0.25) is 0 Å². The Hall–Kier alpha value is -2.04. The number of hydrogen-bond donors (Lipinski definition) is 2. The third-order valence-corrected chi connectivity index (χ3v) is 3.93. The molecule has 0 amide bonds. The first-order chi connectivity index (χ1) is 11.2. The molecule has 2 N–H and O–H groups in total. The molecule has 0 aromatic heterocycles. The van der Waals surface area contributed by atoms with Crippen LogP contribution in [0.25, 0.3) is 0 Å². The van der Waals surface area contributed by atoms with Gasteiger partial charge in [0.1, 0.15) is 0 Å². The average molecular weight is 317 g/mol. The van der Waals surface area contributed by atoms with Gasteiger partial charge >= 0.3 is 5.97 Å².